The van der Waals surface area contributed by atoms with Gasteiger partial charge < -0.3 is 10.6 Å². The molecule has 1 heterocycles. The maximum atomic E-state index is 12.9. The number of anilines is 2. The maximum Gasteiger partial charge on any atom is 0.238 e. The van der Waals surface area contributed by atoms with Crippen LogP contribution in [0, 0.1) is 0 Å². The number of nitrogens with one attached hydrogen (secondary N) is 2. The molecule has 0 saturated heterocycles. The highest BCUT2D eigenvalue weighted by atomic mass is 32.2. The van der Waals surface area contributed by atoms with Crippen molar-refractivity contribution in [1.82, 2.24) is 5.32 Å². The third-order valence-corrected chi connectivity index (χ3v) is 6.81. The van der Waals surface area contributed by atoms with Crippen LogP contribution in [0.1, 0.15) is 24.0 Å². The third-order valence-electron chi connectivity index (χ3n) is 5.61. The van der Waals surface area contributed by atoms with Gasteiger partial charge in [0.25, 0.3) is 0 Å². The Morgan fingerprint density at radius 1 is 1.00 bits per heavy atom. The summed E-state index contributed by atoms with van der Waals surface area (Å²) in [5, 5.41) is 5.54. The molecule has 2 N–H and O–H groups in total. The number of hydrogen-bond donors (Lipinski definition) is 2. The van der Waals surface area contributed by atoms with Crippen molar-refractivity contribution >= 4 is 44.6 Å². The number of fused-ring (bicyclic) bond motifs is 1. The monoisotopic (exact) mass is 490 g/mol. The zero-order valence-electron chi connectivity index (χ0n) is 19.4. The van der Waals surface area contributed by atoms with E-state index >= 15 is 0 Å². The van der Waals surface area contributed by atoms with Crippen LogP contribution in [0.15, 0.2) is 83.9 Å². The summed E-state index contributed by atoms with van der Waals surface area (Å²) in [4.78, 5) is 28.9. The molecule has 1 aliphatic heterocycles. The Bertz CT molecular complexity index is 1370. The van der Waals surface area contributed by atoms with Gasteiger partial charge in [-0.3, -0.25) is 18.9 Å². The first kappa shape index (κ1) is 24.2. The topological polar surface area (TPSA) is 108 Å². The molecule has 0 fully saturated rings. The molecule has 8 nitrogen and oxygen atoms in total. The summed E-state index contributed by atoms with van der Waals surface area (Å²) in [5.74, 6) is -0.945. The predicted octanol–water partition coefficient (Wildman–Crippen LogP) is 3.45. The number of sulfonamides is 1. The largest absolute Gasteiger partial charge is 0.355 e. The molecule has 0 aromatic heterocycles. The highest BCUT2D eigenvalue weighted by Crippen LogP contribution is 2.36. The van der Waals surface area contributed by atoms with Crippen LogP contribution >= 0.6 is 0 Å². The van der Waals surface area contributed by atoms with E-state index in [0.717, 1.165) is 23.1 Å². The van der Waals surface area contributed by atoms with Crippen molar-refractivity contribution in [3.63, 3.8) is 0 Å². The van der Waals surface area contributed by atoms with Crippen LogP contribution < -0.4 is 14.9 Å². The quantitative estimate of drug-likeness (QED) is 0.472. The molecule has 1 atom stereocenters. The number of hydrogen-bond acceptors (Lipinski definition) is 5. The second-order valence-corrected chi connectivity index (χ2v) is 10.1. The van der Waals surface area contributed by atoms with Gasteiger partial charge in [-0.05, 0) is 41.5 Å². The minimum absolute atomic E-state index is 0.106. The number of para-hydroxylation sites is 1. The van der Waals surface area contributed by atoms with Gasteiger partial charge in [0.05, 0.1) is 29.9 Å². The van der Waals surface area contributed by atoms with E-state index < -0.39 is 15.9 Å². The fourth-order valence-corrected chi connectivity index (χ4v) is 4.96. The summed E-state index contributed by atoms with van der Waals surface area (Å²) in [7, 11) is -3.56. The predicted molar refractivity (Wildman–Crippen MR) is 138 cm³/mol. The summed E-state index contributed by atoms with van der Waals surface area (Å²) < 4.78 is 25.9. The smallest absolute Gasteiger partial charge is 0.238 e. The molecule has 180 valence electrons. The first-order valence-corrected chi connectivity index (χ1v) is 12.9. The summed E-state index contributed by atoms with van der Waals surface area (Å²) in [6.07, 6.45) is 1.12. The number of rotatable bonds is 8. The molecule has 0 radical (unpaired) electrons. The Balaban J connectivity index is 1.70. The van der Waals surface area contributed by atoms with Crippen LogP contribution in [-0.4, -0.2) is 45.3 Å². The molecule has 2 amide bonds. The van der Waals surface area contributed by atoms with E-state index in [-0.39, 0.29) is 24.9 Å². The first-order chi connectivity index (χ1) is 16.7. The molecule has 9 heteroatoms. The van der Waals surface area contributed by atoms with Crippen molar-refractivity contribution in [1.29, 1.82) is 0 Å². The average Bonchev–Trinajstić information content (AvgIpc) is 3.16. The van der Waals surface area contributed by atoms with E-state index in [9.17, 15) is 18.0 Å². The lowest BCUT2D eigenvalue weighted by Crippen LogP contribution is -2.37. The van der Waals surface area contributed by atoms with Crippen LogP contribution in [0.2, 0.25) is 0 Å². The summed E-state index contributed by atoms with van der Waals surface area (Å²) in [6, 6.07) is 23.8. The van der Waals surface area contributed by atoms with E-state index in [4.69, 9.17) is 4.99 Å². The normalized spacial score (nSPS) is 15.3. The van der Waals surface area contributed by atoms with Gasteiger partial charge in [0.1, 0.15) is 5.92 Å². The number of benzene rings is 3. The van der Waals surface area contributed by atoms with Crippen LogP contribution in [0.4, 0.5) is 17.1 Å². The second-order valence-electron chi connectivity index (χ2n) is 8.21. The Morgan fingerprint density at radius 3 is 2.31 bits per heavy atom. The maximum absolute atomic E-state index is 12.9. The Labute approximate surface area is 204 Å². The minimum atomic E-state index is -3.56. The van der Waals surface area contributed by atoms with Gasteiger partial charge in [-0.25, -0.2) is 8.42 Å². The van der Waals surface area contributed by atoms with Crippen LogP contribution in [0.5, 0.6) is 0 Å². The Morgan fingerprint density at radius 2 is 1.66 bits per heavy atom. The van der Waals surface area contributed by atoms with Crippen molar-refractivity contribution < 1.29 is 18.0 Å². The third kappa shape index (κ3) is 5.58. The molecule has 0 saturated carbocycles. The van der Waals surface area contributed by atoms with E-state index in [1.54, 1.807) is 24.3 Å². The van der Waals surface area contributed by atoms with Crippen molar-refractivity contribution in [3.05, 3.63) is 90.0 Å². The minimum Gasteiger partial charge on any atom is -0.355 e. The number of nitrogens with zero attached hydrogens (tertiary/aromatic N) is 2. The molecule has 1 aliphatic rings. The average molecular weight is 491 g/mol. The number of aliphatic imine (C=N–C) groups is 1. The SMILES string of the molecule is CC(=O)NCCN(c1ccc(N=C(c2ccccc2)C2C(=O)Nc3ccccc32)cc1)S(C)(=O)=O. The zero-order valence-corrected chi connectivity index (χ0v) is 20.2. The summed E-state index contributed by atoms with van der Waals surface area (Å²) in [6.45, 7) is 1.68. The first-order valence-electron chi connectivity index (χ1n) is 11.1. The Kier molecular flexibility index (Phi) is 6.97. The second kappa shape index (κ2) is 10.1. The fraction of sp³-hybridized carbons (Fsp3) is 0.192. The van der Waals surface area contributed by atoms with Gasteiger partial charge in [0.15, 0.2) is 0 Å². The highest BCUT2D eigenvalue weighted by Gasteiger charge is 2.35. The molecule has 1 unspecified atom stereocenters. The molecule has 35 heavy (non-hydrogen) atoms. The standard InChI is InChI=1S/C26H26N4O4S/c1-18(31)27-16-17-30(35(2,33)34)21-14-12-20(13-15-21)28-25(19-8-4-3-5-9-19)24-22-10-6-7-11-23(22)29-26(24)32/h3-15,24H,16-17H2,1-2H3,(H,27,31)(H,29,32). The number of amides is 2. The van der Waals surface area contributed by atoms with Gasteiger partial charge in [-0.15, -0.1) is 0 Å². The molecule has 3 aromatic carbocycles. The lowest BCUT2D eigenvalue weighted by molar-refractivity contribution is -0.119. The molecular weight excluding hydrogens is 464 g/mol. The fourth-order valence-electron chi connectivity index (χ4n) is 4.04. The van der Waals surface area contributed by atoms with Crippen molar-refractivity contribution in [2.45, 2.75) is 12.8 Å². The van der Waals surface area contributed by atoms with Gasteiger partial charge in [0, 0.05) is 19.2 Å². The van der Waals surface area contributed by atoms with E-state index in [2.05, 4.69) is 10.6 Å². The van der Waals surface area contributed by atoms with Crippen LogP contribution in [0.25, 0.3) is 0 Å². The molecule has 0 aliphatic carbocycles. The molecule has 4 rings (SSSR count). The van der Waals surface area contributed by atoms with Gasteiger partial charge in [0.2, 0.25) is 21.8 Å². The van der Waals surface area contributed by atoms with Gasteiger partial charge in [-0.2, -0.15) is 0 Å². The summed E-state index contributed by atoms with van der Waals surface area (Å²) in [5.41, 5.74) is 4.09. The van der Waals surface area contributed by atoms with Crippen molar-refractivity contribution in [2.75, 3.05) is 29.0 Å². The van der Waals surface area contributed by atoms with Crippen LogP contribution in [0.3, 0.4) is 0 Å². The lowest BCUT2D eigenvalue weighted by atomic mass is 9.90. The van der Waals surface area contributed by atoms with Gasteiger partial charge >= 0.3 is 0 Å². The highest BCUT2D eigenvalue weighted by molar-refractivity contribution is 7.92. The summed E-state index contributed by atoms with van der Waals surface area (Å²) >= 11 is 0. The number of carbonyl (C=O) groups excluding carboxylic acids is 2. The molecule has 0 spiro atoms. The lowest BCUT2D eigenvalue weighted by Gasteiger charge is -2.22. The van der Waals surface area contributed by atoms with E-state index in [1.807, 2.05) is 54.6 Å². The van der Waals surface area contributed by atoms with Crippen molar-refractivity contribution in [3.8, 4) is 0 Å². The number of carbonyl (C=O) groups is 2. The van der Waals surface area contributed by atoms with Crippen molar-refractivity contribution in [2.24, 2.45) is 4.99 Å². The zero-order chi connectivity index (χ0) is 25.0. The molecular formula is C26H26N4O4S. The molecule has 0 bridgehead atoms. The Hall–Kier alpha value is -3.98. The molecule has 3 aromatic rings. The van der Waals surface area contributed by atoms with E-state index in [0.29, 0.717) is 17.1 Å². The van der Waals surface area contributed by atoms with Gasteiger partial charge in [-0.1, -0.05) is 48.5 Å². The van der Waals surface area contributed by atoms with Crippen LogP contribution in [-0.2, 0) is 19.6 Å². The van der Waals surface area contributed by atoms with E-state index in [1.165, 1.54) is 11.2 Å².